The zero-order valence-electron chi connectivity index (χ0n) is 11.9. The Morgan fingerprint density at radius 3 is 2.81 bits per heavy atom. The minimum atomic E-state index is -0.608. The van der Waals surface area contributed by atoms with Crippen molar-refractivity contribution in [1.82, 2.24) is 0 Å². The van der Waals surface area contributed by atoms with Gasteiger partial charge in [0, 0.05) is 12.0 Å². The summed E-state index contributed by atoms with van der Waals surface area (Å²) in [5.41, 5.74) is 9.00. The average molecular weight is 291 g/mol. The van der Waals surface area contributed by atoms with Crippen LogP contribution in [-0.2, 0) is 14.2 Å². The number of carbonyl (C=O) groups excluding carboxylic acids is 1. The first-order chi connectivity index (χ1) is 10.2. The maximum atomic E-state index is 12.0. The molecule has 0 bridgehead atoms. The summed E-state index contributed by atoms with van der Waals surface area (Å²) in [6.07, 6.45) is -0.984. The largest absolute Gasteiger partial charge is 0.456 e. The smallest absolute Gasteiger partial charge is 0.338 e. The molecule has 0 spiro atoms. The highest BCUT2D eigenvalue weighted by molar-refractivity contribution is 5.89. The molecule has 0 saturated carbocycles. The molecule has 1 aliphatic rings. The van der Waals surface area contributed by atoms with Crippen LogP contribution in [0.25, 0.3) is 10.4 Å². The third-order valence-corrected chi connectivity index (χ3v) is 3.36. The van der Waals surface area contributed by atoms with Gasteiger partial charge in [0.25, 0.3) is 0 Å². The van der Waals surface area contributed by atoms with Gasteiger partial charge in [-0.3, -0.25) is 0 Å². The van der Waals surface area contributed by atoms with Crippen LogP contribution in [0.4, 0.5) is 0 Å². The molecule has 2 rings (SSSR count). The lowest BCUT2D eigenvalue weighted by atomic mass is 10.1. The number of benzene rings is 1. The van der Waals surface area contributed by atoms with Gasteiger partial charge < -0.3 is 14.2 Å². The van der Waals surface area contributed by atoms with Crippen molar-refractivity contribution in [1.29, 1.82) is 0 Å². The predicted molar refractivity (Wildman–Crippen MR) is 74.5 cm³/mol. The molecule has 0 N–H and O–H groups in total. The van der Waals surface area contributed by atoms with Gasteiger partial charge in [-0.1, -0.05) is 23.3 Å². The molecule has 1 fully saturated rings. The Morgan fingerprint density at radius 1 is 1.48 bits per heavy atom. The number of esters is 1. The SMILES string of the molecule is COC1O[C@H](C(C)OC(=O)c2ccccc2)C[C@H]1N=[N+]=[N-]. The van der Waals surface area contributed by atoms with Crippen LogP contribution in [0.5, 0.6) is 0 Å². The van der Waals surface area contributed by atoms with Crippen LogP contribution in [0.2, 0.25) is 0 Å². The van der Waals surface area contributed by atoms with Gasteiger partial charge in [0.1, 0.15) is 6.10 Å². The normalized spacial score (nSPS) is 25.9. The lowest BCUT2D eigenvalue weighted by Crippen LogP contribution is -2.29. The Morgan fingerprint density at radius 2 is 2.19 bits per heavy atom. The van der Waals surface area contributed by atoms with Gasteiger partial charge in [-0.25, -0.2) is 4.79 Å². The van der Waals surface area contributed by atoms with Crippen molar-refractivity contribution in [3.8, 4) is 0 Å². The van der Waals surface area contributed by atoms with Gasteiger partial charge in [-0.05, 0) is 31.0 Å². The molecular formula is C14H17N3O4. The van der Waals surface area contributed by atoms with E-state index in [4.69, 9.17) is 19.7 Å². The van der Waals surface area contributed by atoms with Crippen LogP contribution in [-0.4, -0.2) is 37.6 Å². The fourth-order valence-electron chi connectivity index (χ4n) is 2.24. The first-order valence-corrected chi connectivity index (χ1v) is 6.64. The Hall–Kier alpha value is -2.08. The molecule has 21 heavy (non-hydrogen) atoms. The van der Waals surface area contributed by atoms with Crippen LogP contribution < -0.4 is 0 Å². The number of hydrogen-bond acceptors (Lipinski definition) is 5. The van der Waals surface area contributed by atoms with Crippen molar-refractivity contribution in [2.75, 3.05) is 7.11 Å². The van der Waals surface area contributed by atoms with Gasteiger partial charge in [0.2, 0.25) is 0 Å². The van der Waals surface area contributed by atoms with Crippen molar-refractivity contribution in [3.63, 3.8) is 0 Å². The van der Waals surface area contributed by atoms with E-state index >= 15 is 0 Å². The number of carbonyl (C=O) groups is 1. The lowest BCUT2D eigenvalue weighted by molar-refractivity contribution is -0.141. The number of rotatable bonds is 5. The van der Waals surface area contributed by atoms with Crippen LogP contribution in [0.3, 0.4) is 0 Å². The van der Waals surface area contributed by atoms with Crippen LogP contribution >= 0.6 is 0 Å². The topological polar surface area (TPSA) is 93.5 Å². The molecule has 1 aliphatic heterocycles. The molecule has 7 heteroatoms. The predicted octanol–water partition coefficient (Wildman–Crippen LogP) is 2.67. The van der Waals surface area contributed by atoms with E-state index < -0.39 is 24.4 Å². The van der Waals surface area contributed by atoms with Gasteiger partial charge in [-0.15, -0.1) is 0 Å². The first-order valence-electron chi connectivity index (χ1n) is 6.64. The highest BCUT2D eigenvalue weighted by Crippen LogP contribution is 2.27. The average Bonchev–Trinajstić information content (AvgIpc) is 2.91. The van der Waals surface area contributed by atoms with E-state index in [0.29, 0.717) is 12.0 Å². The molecule has 112 valence electrons. The Labute approximate surface area is 122 Å². The van der Waals surface area contributed by atoms with E-state index in [9.17, 15) is 4.79 Å². The third kappa shape index (κ3) is 3.72. The van der Waals surface area contributed by atoms with E-state index in [1.807, 2.05) is 6.07 Å². The second kappa shape index (κ2) is 7.08. The quantitative estimate of drug-likeness (QED) is 0.361. The van der Waals surface area contributed by atoms with Gasteiger partial charge in [0.15, 0.2) is 6.29 Å². The molecular weight excluding hydrogens is 274 g/mol. The summed E-state index contributed by atoms with van der Waals surface area (Å²) in [6, 6.07) is 8.32. The van der Waals surface area contributed by atoms with Gasteiger partial charge in [0.05, 0.1) is 17.7 Å². The van der Waals surface area contributed by atoms with Crippen molar-refractivity contribution >= 4 is 5.97 Å². The van der Waals surface area contributed by atoms with E-state index in [0.717, 1.165) is 0 Å². The molecule has 1 saturated heterocycles. The number of ether oxygens (including phenoxy) is 3. The van der Waals surface area contributed by atoms with Crippen molar-refractivity contribution in [3.05, 3.63) is 46.3 Å². The minimum absolute atomic E-state index is 0.363. The Bertz CT molecular complexity index is 530. The molecule has 2 unspecified atom stereocenters. The zero-order valence-corrected chi connectivity index (χ0v) is 11.9. The van der Waals surface area contributed by atoms with Crippen molar-refractivity contribution in [2.24, 2.45) is 5.11 Å². The molecule has 1 heterocycles. The summed E-state index contributed by atoms with van der Waals surface area (Å²) >= 11 is 0. The summed E-state index contributed by atoms with van der Waals surface area (Å²) in [6.45, 7) is 1.75. The third-order valence-electron chi connectivity index (χ3n) is 3.36. The number of methoxy groups -OCH3 is 1. The minimum Gasteiger partial charge on any atom is -0.456 e. The fraction of sp³-hybridized carbons (Fsp3) is 0.500. The van der Waals surface area contributed by atoms with Gasteiger partial charge >= 0.3 is 5.97 Å². The molecule has 0 aliphatic carbocycles. The lowest BCUT2D eigenvalue weighted by Gasteiger charge is -2.20. The number of hydrogen-bond donors (Lipinski definition) is 0. The summed E-state index contributed by atoms with van der Waals surface area (Å²) in [7, 11) is 1.48. The second-order valence-corrected chi connectivity index (χ2v) is 4.76. The molecule has 0 radical (unpaired) electrons. The van der Waals surface area contributed by atoms with Crippen molar-refractivity contribution < 1.29 is 19.0 Å². The monoisotopic (exact) mass is 291 g/mol. The van der Waals surface area contributed by atoms with Crippen molar-refractivity contribution in [2.45, 2.75) is 37.9 Å². The van der Waals surface area contributed by atoms with Crippen LogP contribution in [0.15, 0.2) is 35.4 Å². The fourth-order valence-corrected chi connectivity index (χ4v) is 2.24. The standard InChI is InChI=1S/C14H17N3O4/c1-9(20-13(18)10-6-4-3-5-7-10)12-8-11(16-17-15)14(19-2)21-12/h3-7,9,11-12,14H,8H2,1-2H3/t9?,11-,12+,14?/m1/s1. The van der Waals surface area contributed by atoms with Gasteiger partial charge in [-0.2, -0.15) is 0 Å². The van der Waals surface area contributed by atoms with E-state index in [-0.39, 0.29) is 6.10 Å². The molecule has 0 amide bonds. The summed E-state index contributed by atoms with van der Waals surface area (Å²) in [4.78, 5) is 14.8. The summed E-state index contributed by atoms with van der Waals surface area (Å²) in [5, 5.41) is 3.64. The second-order valence-electron chi connectivity index (χ2n) is 4.76. The maximum Gasteiger partial charge on any atom is 0.338 e. The molecule has 7 nitrogen and oxygen atoms in total. The Balaban J connectivity index is 1.96. The van der Waals surface area contributed by atoms with E-state index in [1.54, 1.807) is 31.2 Å². The van der Waals surface area contributed by atoms with E-state index in [1.165, 1.54) is 7.11 Å². The van der Waals surface area contributed by atoms with E-state index in [2.05, 4.69) is 10.0 Å². The molecule has 4 atom stereocenters. The number of nitrogens with zero attached hydrogens (tertiary/aromatic N) is 3. The maximum absolute atomic E-state index is 12.0. The van der Waals surface area contributed by atoms with Crippen LogP contribution in [0, 0.1) is 0 Å². The highest BCUT2D eigenvalue weighted by Gasteiger charge is 2.38. The van der Waals surface area contributed by atoms with Crippen LogP contribution in [0.1, 0.15) is 23.7 Å². The molecule has 0 aromatic heterocycles. The molecule has 1 aromatic rings. The zero-order chi connectivity index (χ0) is 15.2. The summed E-state index contributed by atoms with van der Waals surface area (Å²) in [5.74, 6) is -0.409. The summed E-state index contributed by atoms with van der Waals surface area (Å²) < 4.78 is 16.1. The highest BCUT2D eigenvalue weighted by atomic mass is 16.7. The Kier molecular flexibility index (Phi) is 5.16. The first kappa shape index (κ1) is 15.3. The molecule has 1 aromatic carbocycles. The number of azide groups is 1.